The molecule has 0 saturated carbocycles. The minimum absolute atomic E-state index is 0.000346. The van der Waals surface area contributed by atoms with Crippen molar-refractivity contribution in [1.29, 1.82) is 0 Å². The van der Waals surface area contributed by atoms with Crippen LogP contribution in [0.2, 0.25) is 0 Å². The first-order valence-corrected chi connectivity index (χ1v) is 10.5. The number of carbonyl (C=O) groups is 1. The number of aromatic amines is 1. The first-order chi connectivity index (χ1) is 16.1. The summed E-state index contributed by atoms with van der Waals surface area (Å²) in [4.78, 5) is 23.1. The van der Waals surface area contributed by atoms with Gasteiger partial charge >= 0.3 is 6.09 Å². The third-order valence-electron chi connectivity index (χ3n) is 5.77. The van der Waals surface area contributed by atoms with Gasteiger partial charge in [-0.25, -0.2) is 4.79 Å². The van der Waals surface area contributed by atoms with Crippen molar-refractivity contribution in [3.63, 3.8) is 0 Å². The molecule has 164 valence electrons. The Morgan fingerprint density at radius 2 is 1.82 bits per heavy atom. The number of rotatable bonds is 6. The van der Waals surface area contributed by atoms with Crippen molar-refractivity contribution in [3.05, 3.63) is 99.7 Å². The Morgan fingerprint density at radius 1 is 1.12 bits per heavy atom. The van der Waals surface area contributed by atoms with Crippen molar-refractivity contribution in [2.75, 3.05) is 13.2 Å². The summed E-state index contributed by atoms with van der Waals surface area (Å²) in [5, 5.41) is 21.0. The maximum absolute atomic E-state index is 12.2. The van der Waals surface area contributed by atoms with Crippen molar-refractivity contribution >= 4 is 28.8 Å². The third-order valence-corrected chi connectivity index (χ3v) is 5.77. The molecule has 0 atom stereocenters. The number of nitro groups is 1. The summed E-state index contributed by atoms with van der Waals surface area (Å²) >= 11 is 0. The van der Waals surface area contributed by atoms with Gasteiger partial charge in [0.1, 0.15) is 6.61 Å². The van der Waals surface area contributed by atoms with Crippen LogP contribution in [0.15, 0.2) is 72.9 Å². The predicted octanol–water partition coefficient (Wildman–Crippen LogP) is 5.02. The summed E-state index contributed by atoms with van der Waals surface area (Å²) in [5.74, 6) is 0.000346. The number of ether oxygens (including phenoxy) is 1. The van der Waals surface area contributed by atoms with E-state index in [1.54, 1.807) is 18.2 Å². The van der Waals surface area contributed by atoms with E-state index in [0.29, 0.717) is 16.5 Å². The molecule has 0 unspecified atom stereocenters. The smallest absolute Gasteiger partial charge is 0.407 e. The average Bonchev–Trinajstić information content (AvgIpc) is 3.42. The SMILES string of the molecule is O=C(NCC=Cc1cc([N+](=O)[O-])c2cn[nH]c2c1)OCC1c2ccccc2-c2ccccc21. The second-order valence-electron chi connectivity index (χ2n) is 7.74. The Kier molecular flexibility index (Phi) is 5.32. The topological polar surface area (TPSA) is 110 Å². The normalized spacial score (nSPS) is 12.6. The number of nitrogens with zero attached hydrogens (tertiary/aromatic N) is 2. The van der Waals surface area contributed by atoms with Gasteiger partial charge in [0.2, 0.25) is 0 Å². The first kappa shape index (κ1) is 20.4. The standard InChI is InChI=1S/C25H20N4O4/c30-25(26-11-5-6-16-12-23-21(14-27-28-23)24(13-16)29(31)32)33-15-22-19-9-3-1-7-17(19)18-8-2-4-10-20(18)22/h1-10,12-14,22H,11,15H2,(H,26,30)(H,27,28). The minimum atomic E-state index is -0.517. The lowest BCUT2D eigenvalue weighted by atomic mass is 9.98. The van der Waals surface area contributed by atoms with E-state index < -0.39 is 11.0 Å². The number of fused-ring (bicyclic) bond motifs is 4. The van der Waals surface area contributed by atoms with Crippen molar-refractivity contribution in [2.24, 2.45) is 0 Å². The third kappa shape index (κ3) is 3.94. The van der Waals surface area contributed by atoms with Gasteiger partial charge in [0.25, 0.3) is 5.69 Å². The molecule has 0 radical (unpaired) electrons. The molecule has 0 spiro atoms. The van der Waals surface area contributed by atoms with Crippen LogP contribution in [0.1, 0.15) is 22.6 Å². The number of carbonyl (C=O) groups excluding carboxylic acids is 1. The van der Waals surface area contributed by atoms with Crippen LogP contribution >= 0.6 is 0 Å². The Balaban J connectivity index is 1.20. The molecule has 8 heteroatoms. The van der Waals surface area contributed by atoms with Crippen molar-refractivity contribution < 1.29 is 14.5 Å². The van der Waals surface area contributed by atoms with Gasteiger partial charge in [-0.3, -0.25) is 15.2 Å². The highest BCUT2D eigenvalue weighted by molar-refractivity contribution is 5.89. The van der Waals surface area contributed by atoms with E-state index in [1.807, 2.05) is 24.3 Å². The largest absolute Gasteiger partial charge is 0.449 e. The number of nitrogens with one attached hydrogen (secondary N) is 2. The second kappa shape index (κ2) is 8.58. The Labute approximate surface area is 189 Å². The molecule has 0 bridgehead atoms. The molecule has 33 heavy (non-hydrogen) atoms. The van der Waals surface area contributed by atoms with Gasteiger partial charge in [-0.1, -0.05) is 60.7 Å². The second-order valence-corrected chi connectivity index (χ2v) is 7.74. The van der Waals surface area contributed by atoms with Crippen LogP contribution in [-0.2, 0) is 4.74 Å². The molecule has 1 amide bonds. The molecule has 1 aliphatic rings. The molecule has 5 rings (SSSR count). The fourth-order valence-electron chi connectivity index (χ4n) is 4.29. The van der Waals surface area contributed by atoms with Gasteiger partial charge in [0.15, 0.2) is 0 Å². The maximum Gasteiger partial charge on any atom is 0.407 e. The monoisotopic (exact) mass is 440 g/mol. The quantitative estimate of drug-likeness (QED) is 0.323. The molecule has 0 saturated heterocycles. The molecule has 1 heterocycles. The van der Waals surface area contributed by atoms with E-state index in [2.05, 4.69) is 39.8 Å². The molecular weight excluding hydrogens is 420 g/mol. The number of nitro benzene ring substituents is 1. The predicted molar refractivity (Wildman–Crippen MR) is 125 cm³/mol. The van der Waals surface area contributed by atoms with E-state index in [1.165, 1.54) is 23.4 Å². The van der Waals surface area contributed by atoms with Crippen molar-refractivity contribution in [2.45, 2.75) is 5.92 Å². The van der Waals surface area contributed by atoms with Crippen LogP contribution in [0, 0.1) is 10.1 Å². The van der Waals surface area contributed by atoms with E-state index in [0.717, 1.165) is 11.1 Å². The lowest BCUT2D eigenvalue weighted by molar-refractivity contribution is -0.383. The Morgan fingerprint density at radius 3 is 2.52 bits per heavy atom. The summed E-state index contributed by atoms with van der Waals surface area (Å²) in [5.41, 5.74) is 5.85. The van der Waals surface area contributed by atoms with Gasteiger partial charge in [-0.15, -0.1) is 0 Å². The molecular formula is C25H20N4O4. The van der Waals surface area contributed by atoms with Crippen LogP contribution in [0.4, 0.5) is 10.5 Å². The van der Waals surface area contributed by atoms with Crippen molar-refractivity contribution in [1.82, 2.24) is 15.5 Å². The van der Waals surface area contributed by atoms with Gasteiger partial charge < -0.3 is 10.1 Å². The molecule has 0 fully saturated rings. The first-order valence-electron chi connectivity index (χ1n) is 10.5. The number of benzene rings is 3. The number of H-pyrrole nitrogens is 1. The molecule has 3 aromatic carbocycles. The highest BCUT2D eigenvalue weighted by Crippen LogP contribution is 2.44. The maximum atomic E-state index is 12.2. The Bertz CT molecular complexity index is 1350. The highest BCUT2D eigenvalue weighted by Gasteiger charge is 2.28. The fourth-order valence-corrected chi connectivity index (χ4v) is 4.29. The van der Waals surface area contributed by atoms with Gasteiger partial charge in [-0.2, -0.15) is 5.10 Å². The number of amides is 1. The molecule has 4 aromatic rings. The lowest BCUT2D eigenvalue weighted by Gasteiger charge is -2.14. The van der Waals surface area contributed by atoms with E-state index in [-0.39, 0.29) is 24.8 Å². The number of aromatic nitrogens is 2. The highest BCUT2D eigenvalue weighted by atomic mass is 16.6. The summed E-state index contributed by atoms with van der Waals surface area (Å²) in [6.07, 6.45) is 4.33. The fraction of sp³-hybridized carbons (Fsp3) is 0.120. The van der Waals surface area contributed by atoms with Crippen LogP contribution in [-0.4, -0.2) is 34.4 Å². The summed E-state index contributed by atoms with van der Waals surface area (Å²) in [7, 11) is 0. The Hall–Kier alpha value is -4.46. The van der Waals surface area contributed by atoms with E-state index in [9.17, 15) is 14.9 Å². The van der Waals surface area contributed by atoms with E-state index >= 15 is 0 Å². The van der Waals surface area contributed by atoms with Crippen molar-refractivity contribution in [3.8, 4) is 11.1 Å². The molecule has 0 aliphatic heterocycles. The molecule has 8 nitrogen and oxygen atoms in total. The van der Waals surface area contributed by atoms with Crippen LogP contribution in [0.5, 0.6) is 0 Å². The van der Waals surface area contributed by atoms with Crippen LogP contribution < -0.4 is 5.32 Å². The number of hydrogen-bond donors (Lipinski definition) is 2. The zero-order valence-corrected chi connectivity index (χ0v) is 17.5. The zero-order chi connectivity index (χ0) is 22.8. The number of hydrogen-bond acceptors (Lipinski definition) is 5. The summed E-state index contributed by atoms with van der Waals surface area (Å²) < 4.78 is 5.50. The number of non-ortho nitro benzene ring substituents is 1. The van der Waals surface area contributed by atoms with Crippen LogP contribution in [0.25, 0.3) is 28.1 Å². The van der Waals surface area contributed by atoms with Gasteiger partial charge in [0, 0.05) is 18.5 Å². The molecule has 2 N–H and O–H groups in total. The molecule has 1 aliphatic carbocycles. The number of alkyl carbamates (subject to hydrolysis) is 1. The molecule has 1 aromatic heterocycles. The van der Waals surface area contributed by atoms with E-state index in [4.69, 9.17) is 4.74 Å². The summed E-state index contributed by atoms with van der Waals surface area (Å²) in [6, 6.07) is 19.6. The zero-order valence-electron chi connectivity index (χ0n) is 17.5. The van der Waals surface area contributed by atoms with Gasteiger partial charge in [0.05, 0.1) is 22.0 Å². The lowest BCUT2D eigenvalue weighted by Crippen LogP contribution is -2.26. The summed E-state index contributed by atoms with van der Waals surface area (Å²) in [6.45, 7) is 0.470. The minimum Gasteiger partial charge on any atom is -0.449 e. The average molecular weight is 440 g/mol. The van der Waals surface area contributed by atoms with Gasteiger partial charge in [-0.05, 0) is 33.9 Å². The van der Waals surface area contributed by atoms with Crippen LogP contribution in [0.3, 0.4) is 0 Å².